The van der Waals surface area contributed by atoms with E-state index in [2.05, 4.69) is 36.9 Å². The zero-order valence-electron chi connectivity index (χ0n) is 11.4. The Kier molecular flexibility index (Phi) is 4.05. The summed E-state index contributed by atoms with van der Waals surface area (Å²) in [5.41, 5.74) is 9.04. The van der Waals surface area contributed by atoms with Crippen molar-refractivity contribution in [3.63, 3.8) is 0 Å². The van der Waals surface area contributed by atoms with Crippen LogP contribution in [0.5, 0.6) is 0 Å². The SMILES string of the molecule is Cc1ccc(CN2CCC(O)(CN)CC2)c(C)c1. The maximum atomic E-state index is 10.1. The Morgan fingerprint density at radius 1 is 1.28 bits per heavy atom. The Morgan fingerprint density at radius 3 is 2.50 bits per heavy atom. The lowest BCUT2D eigenvalue weighted by atomic mass is 9.91. The highest BCUT2D eigenvalue weighted by Crippen LogP contribution is 2.23. The van der Waals surface area contributed by atoms with E-state index in [1.54, 1.807) is 0 Å². The molecule has 1 aliphatic heterocycles. The molecule has 1 aromatic rings. The van der Waals surface area contributed by atoms with Crippen molar-refractivity contribution in [1.29, 1.82) is 0 Å². The van der Waals surface area contributed by atoms with E-state index in [4.69, 9.17) is 5.73 Å². The van der Waals surface area contributed by atoms with Gasteiger partial charge >= 0.3 is 0 Å². The molecule has 1 aromatic carbocycles. The summed E-state index contributed by atoms with van der Waals surface area (Å²) in [7, 11) is 0. The molecule has 1 saturated heterocycles. The highest BCUT2D eigenvalue weighted by molar-refractivity contribution is 5.30. The Bertz CT molecular complexity index is 409. The second-order valence-electron chi connectivity index (χ2n) is 5.63. The molecule has 100 valence electrons. The lowest BCUT2D eigenvalue weighted by Crippen LogP contribution is -2.48. The maximum absolute atomic E-state index is 10.1. The third-order valence-corrected chi connectivity index (χ3v) is 4.06. The fraction of sp³-hybridized carbons (Fsp3) is 0.600. The summed E-state index contributed by atoms with van der Waals surface area (Å²) < 4.78 is 0. The summed E-state index contributed by atoms with van der Waals surface area (Å²) in [6.45, 7) is 7.51. The lowest BCUT2D eigenvalue weighted by Gasteiger charge is -2.37. The van der Waals surface area contributed by atoms with Crippen molar-refractivity contribution in [1.82, 2.24) is 4.90 Å². The van der Waals surface area contributed by atoms with Crippen molar-refractivity contribution in [2.24, 2.45) is 5.73 Å². The van der Waals surface area contributed by atoms with E-state index in [1.807, 2.05) is 0 Å². The number of aliphatic hydroxyl groups is 1. The summed E-state index contributed by atoms with van der Waals surface area (Å²) in [4.78, 5) is 2.40. The Hall–Kier alpha value is -0.900. The normalized spacial score (nSPS) is 20.0. The molecule has 0 unspecified atom stereocenters. The van der Waals surface area contributed by atoms with Crippen LogP contribution < -0.4 is 5.73 Å². The van der Waals surface area contributed by atoms with Crippen molar-refractivity contribution in [2.45, 2.75) is 38.8 Å². The molecule has 3 N–H and O–H groups in total. The van der Waals surface area contributed by atoms with E-state index in [0.29, 0.717) is 6.54 Å². The molecule has 0 aliphatic carbocycles. The third-order valence-electron chi connectivity index (χ3n) is 4.06. The molecule has 18 heavy (non-hydrogen) atoms. The van der Waals surface area contributed by atoms with E-state index in [0.717, 1.165) is 32.5 Å². The van der Waals surface area contributed by atoms with Gasteiger partial charge in [0.25, 0.3) is 0 Å². The van der Waals surface area contributed by atoms with E-state index in [-0.39, 0.29) is 0 Å². The largest absolute Gasteiger partial charge is 0.388 e. The fourth-order valence-electron chi connectivity index (χ4n) is 2.60. The minimum absolute atomic E-state index is 0.379. The molecule has 3 nitrogen and oxygen atoms in total. The Balaban J connectivity index is 1.95. The van der Waals surface area contributed by atoms with Gasteiger partial charge < -0.3 is 10.8 Å². The van der Waals surface area contributed by atoms with Crippen LogP contribution >= 0.6 is 0 Å². The zero-order valence-corrected chi connectivity index (χ0v) is 11.4. The van der Waals surface area contributed by atoms with Crippen molar-refractivity contribution in [3.8, 4) is 0 Å². The predicted octanol–water partition coefficient (Wildman–Crippen LogP) is 1.59. The maximum Gasteiger partial charge on any atom is 0.0793 e. The molecular weight excluding hydrogens is 224 g/mol. The summed E-state index contributed by atoms with van der Waals surface area (Å²) in [6, 6.07) is 6.62. The fourth-order valence-corrected chi connectivity index (χ4v) is 2.60. The first-order chi connectivity index (χ1) is 8.52. The molecule has 0 aromatic heterocycles. The first kappa shape index (κ1) is 13.5. The van der Waals surface area contributed by atoms with Crippen LogP contribution in [0.25, 0.3) is 0 Å². The zero-order chi connectivity index (χ0) is 13.2. The van der Waals surface area contributed by atoms with Crippen LogP contribution in [0.2, 0.25) is 0 Å². The van der Waals surface area contributed by atoms with E-state index in [9.17, 15) is 5.11 Å². The first-order valence-electron chi connectivity index (χ1n) is 6.73. The molecule has 1 aliphatic rings. The molecule has 2 rings (SSSR count). The number of likely N-dealkylation sites (tertiary alicyclic amines) is 1. The second kappa shape index (κ2) is 5.39. The van der Waals surface area contributed by atoms with Crippen molar-refractivity contribution >= 4 is 0 Å². The number of nitrogens with two attached hydrogens (primary N) is 1. The highest BCUT2D eigenvalue weighted by Gasteiger charge is 2.30. The van der Waals surface area contributed by atoms with Crippen LogP contribution in [-0.2, 0) is 6.54 Å². The molecular formula is C15H24N2O. The summed E-state index contributed by atoms with van der Waals surface area (Å²) >= 11 is 0. The molecule has 0 bridgehead atoms. The van der Waals surface area contributed by atoms with Gasteiger partial charge in [-0.2, -0.15) is 0 Å². The van der Waals surface area contributed by atoms with Gasteiger partial charge in [0.15, 0.2) is 0 Å². The molecule has 1 heterocycles. The molecule has 0 amide bonds. The predicted molar refractivity (Wildman–Crippen MR) is 74.4 cm³/mol. The van der Waals surface area contributed by atoms with Crippen LogP contribution in [0.1, 0.15) is 29.5 Å². The number of hydrogen-bond acceptors (Lipinski definition) is 3. The molecule has 0 spiro atoms. The number of hydrogen-bond donors (Lipinski definition) is 2. The number of benzene rings is 1. The average molecular weight is 248 g/mol. The van der Waals surface area contributed by atoms with E-state index in [1.165, 1.54) is 16.7 Å². The first-order valence-corrected chi connectivity index (χ1v) is 6.73. The van der Waals surface area contributed by atoms with Crippen LogP contribution in [0.3, 0.4) is 0 Å². The van der Waals surface area contributed by atoms with Crippen LogP contribution in [0, 0.1) is 13.8 Å². The highest BCUT2D eigenvalue weighted by atomic mass is 16.3. The van der Waals surface area contributed by atoms with Gasteiger partial charge in [-0.25, -0.2) is 0 Å². The van der Waals surface area contributed by atoms with E-state index < -0.39 is 5.60 Å². The van der Waals surface area contributed by atoms with Crippen LogP contribution in [-0.4, -0.2) is 35.2 Å². The quantitative estimate of drug-likeness (QED) is 0.854. The lowest BCUT2D eigenvalue weighted by molar-refractivity contribution is -0.0153. The smallest absolute Gasteiger partial charge is 0.0793 e. The minimum atomic E-state index is -0.626. The van der Waals surface area contributed by atoms with E-state index >= 15 is 0 Å². The van der Waals surface area contributed by atoms with Gasteiger partial charge in [0, 0.05) is 26.2 Å². The Labute approximate surface area is 110 Å². The van der Waals surface area contributed by atoms with Gasteiger partial charge in [0.2, 0.25) is 0 Å². The molecule has 0 radical (unpaired) electrons. The third kappa shape index (κ3) is 3.10. The van der Waals surface area contributed by atoms with Crippen LogP contribution in [0.4, 0.5) is 0 Å². The Morgan fingerprint density at radius 2 is 1.94 bits per heavy atom. The van der Waals surface area contributed by atoms with Crippen molar-refractivity contribution in [3.05, 3.63) is 34.9 Å². The average Bonchev–Trinajstić information content (AvgIpc) is 2.36. The second-order valence-corrected chi connectivity index (χ2v) is 5.63. The van der Waals surface area contributed by atoms with Gasteiger partial charge in [-0.3, -0.25) is 4.90 Å². The van der Waals surface area contributed by atoms with Crippen molar-refractivity contribution in [2.75, 3.05) is 19.6 Å². The van der Waals surface area contributed by atoms with Crippen molar-refractivity contribution < 1.29 is 5.11 Å². The summed E-state index contributed by atoms with van der Waals surface area (Å²) in [6.07, 6.45) is 1.57. The molecule has 3 heteroatoms. The number of rotatable bonds is 3. The van der Waals surface area contributed by atoms with Gasteiger partial charge in [-0.05, 0) is 37.8 Å². The molecule has 0 saturated carbocycles. The topological polar surface area (TPSA) is 49.5 Å². The monoisotopic (exact) mass is 248 g/mol. The number of nitrogens with zero attached hydrogens (tertiary/aromatic N) is 1. The van der Waals surface area contributed by atoms with Gasteiger partial charge in [-0.15, -0.1) is 0 Å². The number of aryl methyl sites for hydroxylation is 2. The summed E-state index contributed by atoms with van der Waals surface area (Å²) in [5, 5.41) is 10.1. The standard InChI is InChI=1S/C15H24N2O/c1-12-3-4-14(13(2)9-12)10-17-7-5-15(18,11-16)6-8-17/h3-4,9,18H,5-8,10-11,16H2,1-2H3. The minimum Gasteiger partial charge on any atom is -0.388 e. The summed E-state index contributed by atoms with van der Waals surface area (Å²) in [5.74, 6) is 0. The van der Waals surface area contributed by atoms with Gasteiger partial charge in [0.1, 0.15) is 0 Å². The van der Waals surface area contributed by atoms with Gasteiger partial charge in [-0.1, -0.05) is 23.8 Å². The van der Waals surface area contributed by atoms with Crippen LogP contribution in [0.15, 0.2) is 18.2 Å². The number of piperidine rings is 1. The molecule has 1 fully saturated rings. The molecule has 0 atom stereocenters. The van der Waals surface area contributed by atoms with Gasteiger partial charge in [0.05, 0.1) is 5.60 Å².